The van der Waals surface area contributed by atoms with Crippen LogP contribution in [0.3, 0.4) is 0 Å². The number of likely N-dealkylation sites (tertiary alicyclic amines) is 1. The van der Waals surface area contributed by atoms with E-state index in [-0.39, 0.29) is 11.8 Å². The number of carbonyl (C=O) groups is 2. The molecule has 1 aliphatic rings. The van der Waals surface area contributed by atoms with Gasteiger partial charge < -0.3 is 10.2 Å². The zero-order chi connectivity index (χ0) is 16.7. The van der Waals surface area contributed by atoms with E-state index in [1.807, 2.05) is 29.2 Å². The van der Waals surface area contributed by atoms with Gasteiger partial charge in [-0.1, -0.05) is 26.7 Å². The highest BCUT2D eigenvalue weighted by atomic mass is 16.2. The molecule has 1 aliphatic heterocycles. The first-order valence-electron chi connectivity index (χ1n) is 8.79. The molecule has 1 fully saturated rings. The van der Waals surface area contributed by atoms with Crippen LogP contribution in [-0.2, 0) is 4.79 Å². The molecule has 1 aromatic carbocycles. The summed E-state index contributed by atoms with van der Waals surface area (Å²) in [4.78, 5) is 26.2. The largest absolute Gasteiger partial charge is 0.339 e. The van der Waals surface area contributed by atoms with Crippen molar-refractivity contribution < 1.29 is 9.59 Å². The lowest BCUT2D eigenvalue weighted by Crippen LogP contribution is -2.37. The molecule has 0 atom stereocenters. The summed E-state index contributed by atoms with van der Waals surface area (Å²) >= 11 is 0. The second kappa shape index (κ2) is 8.70. The number of hydrogen-bond donors (Lipinski definition) is 1. The minimum Gasteiger partial charge on any atom is -0.339 e. The van der Waals surface area contributed by atoms with Crippen LogP contribution in [0, 0.1) is 5.92 Å². The van der Waals surface area contributed by atoms with E-state index in [0.29, 0.717) is 17.9 Å². The van der Waals surface area contributed by atoms with Gasteiger partial charge >= 0.3 is 0 Å². The summed E-state index contributed by atoms with van der Waals surface area (Å²) in [6.07, 6.45) is 5.83. The van der Waals surface area contributed by atoms with Gasteiger partial charge in [0.1, 0.15) is 0 Å². The van der Waals surface area contributed by atoms with Crippen LogP contribution < -0.4 is 5.32 Å². The summed E-state index contributed by atoms with van der Waals surface area (Å²) in [5.74, 6) is 0.851. The highest BCUT2D eigenvalue weighted by Gasteiger charge is 2.21. The fourth-order valence-corrected chi connectivity index (χ4v) is 2.85. The molecule has 1 aromatic rings. The van der Waals surface area contributed by atoms with Crippen LogP contribution in [0.5, 0.6) is 0 Å². The van der Waals surface area contributed by atoms with E-state index in [0.717, 1.165) is 50.9 Å². The molecule has 1 saturated heterocycles. The molecule has 0 aliphatic carbocycles. The predicted octanol–water partition coefficient (Wildman–Crippen LogP) is 4.08. The van der Waals surface area contributed by atoms with Gasteiger partial charge in [-0.15, -0.1) is 0 Å². The molecule has 126 valence electrons. The maximum absolute atomic E-state index is 12.5. The van der Waals surface area contributed by atoms with E-state index in [9.17, 15) is 9.59 Å². The van der Waals surface area contributed by atoms with Crippen molar-refractivity contribution >= 4 is 17.5 Å². The SMILES string of the molecule is CCCCCC(=O)Nc1ccc(C(=O)N2CCC(C)CC2)cc1. The molecule has 0 aromatic heterocycles. The van der Waals surface area contributed by atoms with Gasteiger partial charge in [-0.2, -0.15) is 0 Å². The third-order valence-corrected chi connectivity index (χ3v) is 4.49. The molecule has 1 N–H and O–H groups in total. The minimum absolute atomic E-state index is 0.0440. The van der Waals surface area contributed by atoms with E-state index in [1.54, 1.807) is 0 Å². The van der Waals surface area contributed by atoms with Gasteiger partial charge in [0.2, 0.25) is 5.91 Å². The first-order chi connectivity index (χ1) is 11.1. The Labute approximate surface area is 139 Å². The quantitative estimate of drug-likeness (QED) is 0.804. The standard InChI is InChI=1S/C19H28N2O2/c1-3-4-5-6-18(22)20-17-9-7-16(8-10-17)19(23)21-13-11-15(2)12-14-21/h7-10,15H,3-6,11-14H2,1-2H3,(H,20,22). The number of anilines is 1. The highest BCUT2D eigenvalue weighted by molar-refractivity contribution is 5.95. The van der Waals surface area contributed by atoms with Gasteiger partial charge in [0.15, 0.2) is 0 Å². The summed E-state index contributed by atoms with van der Waals surface area (Å²) in [5, 5.41) is 2.89. The first-order valence-corrected chi connectivity index (χ1v) is 8.79. The monoisotopic (exact) mass is 316 g/mol. The number of rotatable bonds is 6. The van der Waals surface area contributed by atoms with Crippen molar-refractivity contribution in [1.29, 1.82) is 0 Å². The molecule has 2 rings (SSSR count). The van der Waals surface area contributed by atoms with Gasteiger partial charge in [0.05, 0.1) is 0 Å². The van der Waals surface area contributed by atoms with Gasteiger partial charge in [-0.25, -0.2) is 0 Å². The predicted molar refractivity (Wildman–Crippen MR) is 93.5 cm³/mol. The molecular weight excluding hydrogens is 288 g/mol. The minimum atomic E-state index is 0.0440. The number of carbonyl (C=O) groups excluding carboxylic acids is 2. The van der Waals surface area contributed by atoms with Crippen molar-refractivity contribution in [2.75, 3.05) is 18.4 Å². The Morgan fingerprint density at radius 3 is 2.39 bits per heavy atom. The van der Waals surface area contributed by atoms with Gasteiger partial charge in [-0.05, 0) is 49.4 Å². The summed E-state index contributed by atoms with van der Waals surface area (Å²) in [6.45, 7) is 6.04. The highest BCUT2D eigenvalue weighted by Crippen LogP contribution is 2.19. The Bertz CT molecular complexity index is 517. The number of nitrogens with zero attached hydrogens (tertiary/aromatic N) is 1. The number of hydrogen-bond acceptors (Lipinski definition) is 2. The Kier molecular flexibility index (Phi) is 6.63. The van der Waals surface area contributed by atoms with E-state index >= 15 is 0 Å². The first kappa shape index (κ1) is 17.5. The molecule has 0 radical (unpaired) electrons. The van der Waals surface area contributed by atoms with Crippen LogP contribution in [0.25, 0.3) is 0 Å². The second-order valence-electron chi connectivity index (χ2n) is 6.56. The van der Waals surface area contributed by atoms with Crippen molar-refractivity contribution in [1.82, 2.24) is 4.90 Å². The Morgan fingerprint density at radius 2 is 1.78 bits per heavy atom. The average molecular weight is 316 g/mol. The lowest BCUT2D eigenvalue weighted by Gasteiger charge is -2.30. The van der Waals surface area contributed by atoms with Crippen LogP contribution >= 0.6 is 0 Å². The summed E-state index contributed by atoms with van der Waals surface area (Å²) in [5.41, 5.74) is 1.46. The molecule has 0 bridgehead atoms. The van der Waals surface area contributed by atoms with Crippen LogP contribution in [0.2, 0.25) is 0 Å². The third kappa shape index (κ3) is 5.38. The zero-order valence-corrected chi connectivity index (χ0v) is 14.3. The molecule has 23 heavy (non-hydrogen) atoms. The lowest BCUT2D eigenvalue weighted by atomic mass is 9.98. The van der Waals surface area contributed by atoms with Gasteiger partial charge in [-0.3, -0.25) is 9.59 Å². The van der Waals surface area contributed by atoms with Gasteiger partial charge in [0, 0.05) is 30.8 Å². The summed E-state index contributed by atoms with van der Waals surface area (Å²) in [7, 11) is 0. The normalized spacial score (nSPS) is 15.5. The van der Waals surface area contributed by atoms with E-state index in [2.05, 4.69) is 19.2 Å². The maximum atomic E-state index is 12.5. The summed E-state index contributed by atoms with van der Waals surface area (Å²) < 4.78 is 0. The summed E-state index contributed by atoms with van der Waals surface area (Å²) in [6, 6.07) is 7.25. The molecule has 0 saturated carbocycles. The van der Waals surface area contributed by atoms with Crippen molar-refractivity contribution in [3.05, 3.63) is 29.8 Å². The smallest absolute Gasteiger partial charge is 0.253 e. The zero-order valence-electron chi connectivity index (χ0n) is 14.3. The van der Waals surface area contributed by atoms with E-state index in [1.165, 1.54) is 0 Å². The average Bonchev–Trinajstić information content (AvgIpc) is 2.56. The van der Waals surface area contributed by atoms with E-state index < -0.39 is 0 Å². The number of unbranched alkanes of at least 4 members (excludes halogenated alkanes) is 2. The van der Waals surface area contributed by atoms with Crippen molar-refractivity contribution in [2.45, 2.75) is 52.4 Å². The number of nitrogens with one attached hydrogen (secondary N) is 1. The third-order valence-electron chi connectivity index (χ3n) is 4.49. The molecule has 4 heteroatoms. The second-order valence-corrected chi connectivity index (χ2v) is 6.56. The topological polar surface area (TPSA) is 49.4 Å². The maximum Gasteiger partial charge on any atom is 0.253 e. The molecule has 0 unspecified atom stereocenters. The van der Waals surface area contributed by atoms with Crippen molar-refractivity contribution in [3.63, 3.8) is 0 Å². The molecular formula is C19H28N2O2. The molecule has 1 heterocycles. The van der Waals surface area contributed by atoms with Crippen LogP contribution in [0.1, 0.15) is 62.7 Å². The number of amides is 2. The molecule has 4 nitrogen and oxygen atoms in total. The van der Waals surface area contributed by atoms with Crippen LogP contribution in [0.4, 0.5) is 5.69 Å². The van der Waals surface area contributed by atoms with Crippen molar-refractivity contribution in [2.24, 2.45) is 5.92 Å². The van der Waals surface area contributed by atoms with Crippen LogP contribution in [0.15, 0.2) is 24.3 Å². The number of benzene rings is 1. The Morgan fingerprint density at radius 1 is 1.13 bits per heavy atom. The Hall–Kier alpha value is -1.84. The van der Waals surface area contributed by atoms with E-state index in [4.69, 9.17) is 0 Å². The lowest BCUT2D eigenvalue weighted by molar-refractivity contribution is -0.116. The fourth-order valence-electron chi connectivity index (χ4n) is 2.85. The number of piperidine rings is 1. The van der Waals surface area contributed by atoms with Crippen molar-refractivity contribution in [3.8, 4) is 0 Å². The van der Waals surface area contributed by atoms with Gasteiger partial charge in [0.25, 0.3) is 5.91 Å². The molecule has 2 amide bonds. The fraction of sp³-hybridized carbons (Fsp3) is 0.579. The molecule has 0 spiro atoms. The Balaban J connectivity index is 1.86. The van der Waals surface area contributed by atoms with Crippen LogP contribution in [-0.4, -0.2) is 29.8 Å².